The molecule has 0 amide bonds. The van der Waals surface area contributed by atoms with Crippen LogP contribution in [0.15, 0.2) is 47.4 Å². The maximum atomic E-state index is 14.6. The standard InChI is InChI=1S/C18H10F8N2O3S/c1-32(29,30)15-7-12(19)11(6-13(15)20)14-8-16(17(21,22)23)27-28(14)9-2-4-10(5-3-9)31-18(24,25)26/h2-8H,1H3. The molecule has 0 fully saturated rings. The SMILES string of the molecule is CS(=O)(=O)c1cc(F)c(-c2cc(C(F)(F)F)nn2-c2ccc(OC(F)(F)F)cc2)cc1F. The van der Waals surface area contributed by atoms with Crippen LogP contribution in [0.3, 0.4) is 0 Å². The van der Waals surface area contributed by atoms with Crippen molar-refractivity contribution in [1.82, 2.24) is 9.78 Å². The molecule has 0 aliphatic rings. The second-order valence-corrected chi connectivity index (χ2v) is 8.38. The highest BCUT2D eigenvalue weighted by molar-refractivity contribution is 7.90. The third-order valence-corrected chi connectivity index (χ3v) is 5.12. The largest absolute Gasteiger partial charge is 0.573 e. The van der Waals surface area contributed by atoms with E-state index in [0.717, 1.165) is 24.3 Å². The minimum atomic E-state index is -5.01. The van der Waals surface area contributed by atoms with E-state index >= 15 is 0 Å². The summed E-state index contributed by atoms with van der Waals surface area (Å²) in [6.07, 6.45) is -9.40. The number of benzene rings is 2. The summed E-state index contributed by atoms with van der Waals surface area (Å²) in [6.45, 7) is 0. The van der Waals surface area contributed by atoms with Crippen LogP contribution >= 0.6 is 0 Å². The van der Waals surface area contributed by atoms with E-state index in [2.05, 4.69) is 9.84 Å². The van der Waals surface area contributed by atoms with Gasteiger partial charge in [0.15, 0.2) is 15.5 Å². The Balaban J connectivity index is 2.18. The molecule has 1 aromatic heterocycles. The van der Waals surface area contributed by atoms with Gasteiger partial charge in [0, 0.05) is 11.8 Å². The first-order valence-electron chi connectivity index (χ1n) is 8.29. The second kappa shape index (κ2) is 7.76. The zero-order valence-corrected chi connectivity index (χ0v) is 16.4. The Morgan fingerprint density at radius 2 is 1.50 bits per heavy atom. The van der Waals surface area contributed by atoms with E-state index < -0.39 is 61.6 Å². The summed E-state index contributed by atoms with van der Waals surface area (Å²) in [5, 5.41) is 3.30. The molecule has 172 valence electrons. The molecule has 0 saturated carbocycles. The van der Waals surface area contributed by atoms with Crippen LogP contribution in [0.5, 0.6) is 5.75 Å². The van der Waals surface area contributed by atoms with Crippen molar-refractivity contribution in [2.45, 2.75) is 17.4 Å². The zero-order chi connectivity index (χ0) is 24.1. The quantitative estimate of drug-likeness (QED) is 0.480. The van der Waals surface area contributed by atoms with E-state index in [-0.39, 0.29) is 5.69 Å². The predicted molar refractivity (Wildman–Crippen MR) is 93.7 cm³/mol. The number of nitrogens with zero attached hydrogens (tertiary/aromatic N) is 2. The Bertz CT molecular complexity index is 1260. The number of hydrogen-bond donors (Lipinski definition) is 0. The summed E-state index contributed by atoms with van der Waals surface area (Å²) in [6, 6.07) is 4.48. The molecule has 3 aromatic rings. The van der Waals surface area contributed by atoms with Crippen molar-refractivity contribution in [2.75, 3.05) is 6.26 Å². The van der Waals surface area contributed by atoms with Gasteiger partial charge in [-0.15, -0.1) is 13.2 Å². The van der Waals surface area contributed by atoms with Gasteiger partial charge in [-0.2, -0.15) is 18.3 Å². The Morgan fingerprint density at radius 1 is 0.906 bits per heavy atom. The summed E-state index contributed by atoms with van der Waals surface area (Å²) in [7, 11) is -4.18. The molecule has 0 aliphatic heterocycles. The van der Waals surface area contributed by atoms with Crippen LogP contribution in [0.4, 0.5) is 35.1 Å². The lowest BCUT2D eigenvalue weighted by molar-refractivity contribution is -0.274. The van der Waals surface area contributed by atoms with E-state index in [1.807, 2.05) is 0 Å². The predicted octanol–water partition coefficient (Wildman–Crippen LogP) is 5.14. The van der Waals surface area contributed by atoms with E-state index in [1.165, 1.54) is 0 Å². The molecular weight excluding hydrogens is 476 g/mol. The molecule has 0 spiro atoms. The molecule has 0 N–H and O–H groups in total. The highest BCUT2D eigenvalue weighted by Crippen LogP contribution is 2.35. The third kappa shape index (κ3) is 5.00. The van der Waals surface area contributed by atoms with Gasteiger partial charge in [0.05, 0.1) is 11.4 Å². The fourth-order valence-electron chi connectivity index (χ4n) is 2.71. The molecule has 32 heavy (non-hydrogen) atoms. The average molecular weight is 486 g/mol. The van der Waals surface area contributed by atoms with Crippen molar-refractivity contribution in [3.63, 3.8) is 0 Å². The van der Waals surface area contributed by atoms with Crippen molar-refractivity contribution < 1.29 is 48.3 Å². The summed E-state index contributed by atoms with van der Waals surface area (Å²) in [5.74, 6) is -3.46. The van der Waals surface area contributed by atoms with Gasteiger partial charge in [-0.3, -0.25) is 0 Å². The van der Waals surface area contributed by atoms with Crippen LogP contribution < -0.4 is 4.74 Å². The number of rotatable bonds is 4. The molecular formula is C18H10F8N2O3S. The van der Waals surface area contributed by atoms with Gasteiger partial charge in [-0.1, -0.05) is 0 Å². The fraction of sp³-hybridized carbons (Fsp3) is 0.167. The van der Waals surface area contributed by atoms with Crippen LogP contribution in [-0.2, 0) is 16.0 Å². The topological polar surface area (TPSA) is 61.2 Å². The van der Waals surface area contributed by atoms with Crippen molar-refractivity contribution >= 4 is 9.84 Å². The van der Waals surface area contributed by atoms with Gasteiger partial charge in [0.25, 0.3) is 0 Å². The Kier molecular flexibility index (Phi) is 5.70. The summed E-state index contributed by atoms with van der Waals surface area (Å²) in [4.78, 5) is -1.01. The normalized spacial score (nSPS) is 12.8. The molecule has 0 aliphatic carbocycles. The number of alkyl halides is 6. The highest BCUT2D eigenvalue weighted by Gasteiger charge is 2.36. The first kappa shape index (κ1) is 23.5. The first-order valence-corrected chi connectivity index (χ1v) is 10.2. The fourth-order valence-corrected chi connectivity index (χ4v) is 3.44. The lowest BCUT2D eigenvalue weighted by atomic mass is 10.1. The maximum Gasteiger partial charge on any atom is 0.573 e. The molecule has 1 heterocycles. The minimum Gasteiger partial charge on any atom is -0.406 e. The van der Waals surface area contributed by atoms with Gasteiger partial charge in [-0.05, 0) is 42.5 Å². The molecule has 0 atom stereocenters. The van der Waals surface area contributed by atoms with E-state index in [4.69, 9.17) is 0 Å². The number of halogens is 8. The molecule has 0 unspecified atom stereocenters. The minimum absolute atomic E-state index is 0.239. The van der Waals surface area contributed by atoms with E-state index in [9.17, 15) is 43.5 Å². The van der Waals surface area contributed by atoms with Crippen molar-refractivity contribution in [3.05, 3.63) is 59.8 Å². The van der Waals surface area contributed by atoms with Gasteiger partial charge in [-0.25, -0.2) is 21.9 Å². The van der Waals surface area contributed by atoms with E-state index in [0.29, 0.717) is 29.1 Å². The first-order chi connectivity index (χ1) is 14.6. The second-order valence-electron chi connectivity index (χ2n) is 6.40. The Hall–Kier alpha value is -3.16. The molecule has 5 nitrogen and oxygen atoms in total. The maximum absolute atomic E-state index is 14.6. The molecule has 0 radical (unpaired) electrons. The van der Waals surface area contributed by atoms with Crippen LogP contribution in [0.2, 0.25) is 0 Å². The zero-order valence-electron chi connectivity index (χ0n) is 15.6. The Morgan fingerprint density at radius 3 is 2.00 bits per heavy atom. The van der Waals surface area contributed by atoms with Gasteiger partial charge in [0.2, 0.25) is 0 Å². The number of hydrogen-bond acceptors (Lipinski definition) is 4. The highest BCUT2D eigenvalue weighted by atomic mass is 32.2. The van der Waals surface area contributed by atoms with Crippen LogP contribution in [0.25, 0.3) is 16.9 Å². The third-order valence-electron chi connectivity index (χ3n) is 4.01. The summed E-state index contributed by atoms with van der Waals surface area (Å²) in [5.41, 5.74) is -3.13. The number of sulfone groups is 1. The molecule has 0 saturated heterocycles. The smallest absolute Gasteiger partial charge is 0.406 e. The van der Waals surface area contributed by atoms with Gasteiger partial charge < -0.3 is 4.74 Å². The number of aromatic nitrogens is 2. The molecule has 2 aromatic carbocycles. The van der Waals surface area contributed by atoms with E-state index in [1.54, 1.807) is 0 Å². The van der Waals surface area contributed by atoms with Crippen LogP contribution in [-0.4, -0.2) is 30.8 Å². The van der Waals surface area contributed by atoms with Gasteiger partial charge in [0.1, 0.15) is 22.3 Å². The lowest BCUT2D eigenvalue weighted by Crippen LogP contribution is -2.17. The van der Waals surface area contributed by atoms with Crippen LogP contribution in [0.1, 0.15) is 5.69 Å². The lowest BCUT2D eigenvalue weighted by Gasteiger charge is -2.12. The molecule has 3 rings (SSSR count). The average Bonchev–Trinajstić information content (AvgIpc) is 3.07. The van der Waals surface area contributed by atoms with Crippen LogP contribution in [0, 0.1) is 11.6 Å². The molecule has 14 heteroatoms. The monoisotopic (exact) mass is 486 g/mol. The summed E-state index contributed by atoms with van der Waals surface area (Å²) >= 11 is 0. The number of ether oxygens (including phenoxy) is 1. The molecule has 0 bridgehead atoms. The Labute approximate surface area is 174 Å². The van der Waals surface area contributed by atoms with Crippen molar-refractivity contribution in [3.8, 4) is 22.7 Å². The summed E-state index contributed by atoms with van der Waals surface area (Å²) < 4.78 is 133. The van der Waals surface area contributed by atoms with Gasteiger partial charge >= 0.3 is 12.5 Å². The van der Waals surface area contributed by atoms with Crippen molar-refractivity contribution in [2.24, 2.45) is 0 Å². The van der Waals surface area contributed by atoms with Crippen molar-refractivity contribution in [1.29, 1.82) is 0 Å².